The molecule has 1 aliphatic rings. The Morgan fingerprint density at radius 1 is 1.42 bits per heavy atom. The van der Waals surface area contributed by atoms with Crippen LogP contribution in [0.15, 0.2) is 10.4 Å². The Balaban J connectivity index is 0.00000288. The fourth-order valence-electron chi connectivity index (χ4n) is 2.83. The van der Waals surface area contributed by atoms with Gasteiger partial charge in [0.2, 0.25) is 0 Å². The smallest absolute Gasteiger partial charge is 0.193 e. The van der Waals surface area contributed by atoms with Gasteiger partial charge in [0.25, 0.3) is 0 Å². The molecule has 1 aromatic heterocycles. The molecule has 2 rings (SSSR count). The highest BCUT2D eigenvalue weighted by atomic mass is 127. The summed E-state index contributed by atoms with van der Waals surface area (Å²) in [5, 5.41) is 6.76. The summed E-state index contributed by atoms with van der Waals surface area (Å²) in [6.07, 6.45) is 4.69. The monoisotopic (exact) mass is 466 g/mol. The molecule has 24 heavy (non-hydrogen) atoms. The molecule has 0 saturated carbocycles. The van der Waals surface area contributed by atoms with E-state index in [1.807, 2.05) is 6.92 Å². The number of aliphatic imine (C=N–C) groups is 1. The summed E-state index contributed by atoms with van der Waals surface area (Å²) in [7, 11) is 0. The number of rotatable bonds is 7. The van der Waals surface area contributed by atoms with Crippen molar-refractivity contribution in [2.24, 2.45) is 4.99 Å². The van der Waals surface area contributed by atoms with Crippen LogP contribution in [0, 0.1) is 6.92 Å². The van der Waals surface area contributed by atoms with E-state index in [1.165, 1.54) is 5.01 Å². The van der Waals surface area contributed by atoms with E-state index in [9.17, 15) is 0 Å². The van der Waals surface area contributed by atoms with E-state index in [4.69, 9.17) is 9.73 Å². The number of piperidine rings is 1. The third-order valence-electron chi connectivity index (χ3n) is 3.96. The van der Waals surface area contributed by atoms with Gasteiger partial charge >= 0.3 is 0 Å². The third kappa shape index (κ3) is 7.23. The Morgan fingerprint density at radius 2 is 2.17 bits per heavy atom. The summed E-state index contributed by atoms with van der Waals surface area (Å²) in [6.45, 7) is 10.9. The molecule has 5 nitrogen and oxygen atoms in total. The van der Waals surface area contributed by atoms with Crippen molar-refractivity contribution in [3.63, 3.8) is 0 Å². The van der Waals surface area contributed by atoms with E-state index >= 15 is 0 Å². The molecule has 1 fully saturated rings. The summed E-state index contributed by atoms with van der Waals surface area (Å²) in [5.74, 6) is 1.05. The lowest BCUT2D eigenvalue weighted by Gasteiger charge is -2.34. The van der Waals surface area contributed by atoms with Gasteiger partial charge in [-0.15, -0.1) is 35.3 Å². The molecule has 7 heteroatoms. The van der Waals surface area contributed by atoms with Gasteiger partial charge in [0.1, 0.15) is 0 Å². The predicted octanol–water partition coefficient (Wildman–Crippen LogP) is 3.47. The molecule has 0 aromatic carbocycles. The zero-order chi connectivity index (χ0) is 16.5. The standard InChI is InChI=1S/C17H30N4OS.HI/c1-4-18-17(21-11-8-15(9-12-21)22-5-2)19-10-6-7-16-20-14(3)13-23-16;/h13,15H,4-12H2,1-3H3,(H,18,19);1H. The number of aryl methyl sites for hydroxylation is 2. The highest BCUT2D eigenvalue weighted by Crippen LogP contribution is 2.14. The van der Waals surface area contributed by atoms with E-state index < -0.39 is 0 Å². The van der Waals surface area contributed by atoms with Crippen molar-refractivity contribution in [1.29, 1.82) is 0 Å². The van der Waals surface area contributed by atoms with Crippen LogP contribution in [0.2, 0.25) is 0 Å². The minimum Gasteiger partial charge on any atom is -0.378 e. The normalized spacial score (nSPS) is 16.1. The van der Waals surface area contributed by atoms with Gasteiger partial charge in [-0.2, -0.15) is 0 Å². The quantitative estimate of drug-likeness (QED) is 0.290. The van der Waals surface area contributed by atoms with Crippen LogP contribution in [-0.2, 0) is 11.2 Å². The molecule has 0 radical (unpaired) electrons. The van der Waals surface area contributed by atoms with Crippen molar-refractivity contribution in [2.75, 3.05) is 32.8 Å². The van der Waals surface area contributed by atoms with Gasteiger partial charge in [0.15, 0.2) is 5.96 Å². The number of aromatic nitrogens is 1. The minimum absolute atomic E-state index is 0. The second-order valence-corrected chi connectivity index (χ2v) is 6.81. The molecule has 0 unspecified atom stereocenters. The van der Waals surface area contributed by atoms with Crippen LogP contribution in [0.4, 0.5) is 0 Å². The number of hydrogen-bond donors (Lipinski definition) is 1. The van der Waals surface area contributed by atoms with Crippen LogP contribution >= 0.6 is 35.3 Å². The molecular formula is C17H31IN4OS. The second-order valence-electron chi connectivity index (χ2n) is 5.86. The Bertz CT molecular complexity index is 487. The number of likely N-dealkylation sites (tertiary alicyclic amines) is 1. The first-order valence-electron chi connectivity index (χ1n) is 8.78. The molecule has 0 amide bonds. The maximum atomic E-state index is 5.73. The Hall–Kier alpha value is -0.410. The molecular weight excluding hydrogens is 435 g/mol. The van der Waals surface area contributed by atoms with Crippen LogP contribution in [-0.4, -0.2) is 54.7 Å². The highest BCUT2D eigenvalue weighted by Gasteiger charge is 2.21. The zero-order valence-corrected chi connectivity index (χ0v) is 18.2. The molecule has 0 aliphatic carbocycles. The number of nitrogens with zero attached hydrogens (tertiary/aromatic N) is 3. The highest BCUT2D eigenvalue weighted by molar-refractivity contribution is 14.0. The molecule has 1 aromatic rings. The molecule has 138 valence electrons. The largest absolute Gasteiger partial charge is 0.378 e. The topological polar surface area (TPSA) is 49.8 Å². The van der Waals surface area contributed by atoms with Gasteiger partial charge in [-0.25, -0.2) is 4.98 Å². The Kier molecular flexibility index (Phi) is 10.8. The average molecular weight is 466 g/mol. The van der Waals surface area contributed by atoms with Crippen LogP contribution in [0.5, 0.6) is 0 Å². The van der Waals surface area contributed by atoms with E-state index in [0.29, 0.717) is 6.10 Å². The predicted molar refractivity (Wildman–Crippen MR) is 113 cm³/mol. The van der Waals surface area contributed by atoms with Crippen LogP contribution in [0.25, 0.3) is 0 Å². The molecule has 0 atom stereocenters. The van der Waals surface area contributed by atoms with Crippen molar-refractivity contribution in [1.82, 2.24) is 15.2 Å². The fourth-order valence-corrected chi connectivity index (χ4v) is 3.65. The lowest BCUT2D eigenvalue weighted by Crippen LogP contribution is -2.47. The van der Waals surface area contributed by atoms with E-state index in [2.05, 4.69) is 34.4 Å². The lowest BCUT2D eigenvalue weighted by molar-refractivity contribution is 0.0264. The number of nitrogens with one attached hydrogen (secondary N) is 1. The number of hydrogen-bond acceptors (Lipinski definition) is 4. The molecule has 0 bridgehead atoms. The van der Waals surface area contributed by atoms with Gasteiger partial charge in [-0.3, -0.25) is 4.99 Å². The summed E-state index contributed by atoms with van der Waals surface area (Å²) >= 11 is 1.75. The number of ether oxygens (including phenoxy) is 1. The number of guanidine groups is 1. The Morgan fingerprint density at radius 3 is 2.75 bits per heavy atom. The molecule has 0 spiro atoms. The molecule has 2 heterocycles. The number of thiazole rings is 1. The van der Waals surface area contributed by atoms with Crippen molar-refractivity contribution in [2.45, 2.75) is 52.6 Å². The van der Waals surface area contributed by atoms with Crippen molar-refractivity contribution in [3.8, 4) is 0 Å². The van der Waals surface area contributed by atoms with Gasteiger partial charge in [-0.1, -0.05) is 0 Å². The number of halogens is 1. The first kappa shape index (κ1) is 21.6. The van der Waals surface area contributed by atoms with Crippen molar-refractivity contribution in [3.05, 3.63) is 16.1 Å². The molecule has 1 aliphatic heterocycles. The van der Waals surface area contributed by atoms with Crippen molar-refractivity contribution < 1.29 is 4.74 Å². The van der Waals surface area contributed by atoms with Crippen molar-refractivity contribution >= 4 is 41.3 Å². The second kappa shape index (κ2) is 12.0. The van der Waals surface area contributed by atoms with Gasteiger partial charge < -0.3 is 15.0 Å². The Labute approximate surface area is 167 Å². The first-order chi connectivity index (χ1) is 11.2. The average Bonchev–Trinajstić information content (AvgIpc) is 2.97. The summed E-state index contributed by atoms with van der Waals surface area (Å²) < 4.78 is 5.73. The van der Waals surface area contributed by atoms with Gasteiger partial charge in [0, 0.05) is 50.3 Å². The van der Waals surface area contributed by atoms with Crippen LogP contribution in [0.3, 0.4) is 0 Å². The lowest BCUT2D eigenvalue weighted by atomic mass is 10.1. The van der Waals surface area contributed by atoms with Gasteiger partial charge in [-0.05, 0) is 40.0 Å². The van der Waals surface area contributed by atoms with Crippen LogP contribution in [0.1, 0.15) is 43.8 Å². The maximum Gasteiger partial charge on any atom is 0.193 e. The summed E-state index contributed by atoms with van der Waals surface area (Å²) in [5.41, 5.74) is 1.12. The fraction of sp³-hybridized carbons (Fsp3) is 0.765. The molecule has 1 saturated heterocycles. The first-order valence-corrected chi connectivity index (χ1v) is 9.66. The van der Waals surface area contributed by atoms with Gasteiger partial charge in [0.05, 0.1) is 11.1 Å². The third-order valence-corrected chi connectivity index (χ3v) is 4.98. The minimum atomic E-state index is 0. The van der Waals surface area contributed by atoms with Crippen LogP contribution < -0.4 is 5.32 Å². The SMILES string of the molecule is CCNC(=NCCCc1nc(C)cs1)N1CCC(OCC)CC1.I. The van der Waals surface area contributed by atoms with E-state index in [1.54, 1.807) is 11.3 Å². The molecule has 1 N–H and O–H groups in total. The van der Waals surface area contributed by atoms with E-state index in [0.717, 1.165) is 70.1 Å². The van der Waals surface area contributed by atoms with E-state index in [-0.39, 0.29) is 24.0 Å². The summed E-state index contributed by atoms with van der Waals surface area (Å²) in [6, 6.07) is 0. The maximum absolute atomic E-state index is 5.73. The zero-order valence-electron chi connectivity index (χ0n) is 15.1. The summed E-state index contributed by atoms with van der Waals surface area (Å²) in [4.78, 5) is 11.7.